The average molecular weight is 244 g/mol. The van der Waals surface area contributed by atoms with Crippen LogP contribution in [0.1, 0.15) is 20.8 Å². The number of hydrogen-bond donors (Lipinski definition) is 0. The van der Waals surface area contributed by atoms with Gasteiger partial charge in [-0.3, -0.25) is 0 Å². The third kappa shape index (κ3) is 7.10. The molecule has 6 nitrogen and oxygen atoms in total. The molecule has 0 fully saturated rings. The van der Waals surface area contributed by atoms with Crippen LogP contribution in [-0.2, 0) is 28.6 Å². The van der Waals surface area contributed by atoms with Gasteiger partial charge in [0.1, 0.15) is 0 Å². The molecule has 0 aromatic heterocycles. The molecule has 0 radical (unpaired) electrons. The van der Waals surface area contributed by atoms with Crippen LogP contribution in [0.25, 0.3) is 0 Å². The van der Waals surface area contributed by atoms with E-state index in [0.717, 1.165) is 12.2 Å². The summed E-state index contributed by atoms with van der Waals surface area (Å²) in [7, 11) is 0. The van der Waals surface area contributed by atoms with Gasteiger partial charge in [0.15, 0.2) is 6.10 Å². The first-order valence-electron chi connectivity index (χ1n) is 5.23. The number of rotatable bonds is 6. The van der Waals surface area contributed by atoms with E-state index in [1.807, 2.05) is 0 Å². The smallest absolute Gasteiger partial charge is 0.347 e. The van der Waals surface area contributed by atoms with Crippen LogP contribution in [0, 0.1) is 0 Å². The van der Waals surface area contributed by atoms with Crippen LogP contribution in [0.4, 0.5) is 0 Å². The zero-order valence-electron chi connectivity index (χ0n) is 10.1. The van der Waals surface area contributed by atoms with E-state index in [-0.39, 0.29) is 13.2 Å². The molecule has 0 saturated heterocycles. The minimum Gasteiger partial charge on any atom is -0.463 e. The Hall–Kier alpha value is -1.85. The molecule has 96 valence electrons. The topological polar surface area (TPSA) is 78.9 Å². The quantitative estimate of drug-likeness (QED) is 0.387. The Morgan fingerprint density at radius 2 is 1.53 bits per heavy atom. The second-order valence-corrected chi connectivity index (χ2v) is 2.92. The van der Waals surface area contributed by atoms with Crippen molar-refractivity contribution < 1.29 is 28.6 Å². The molecule has 0 N–H and O–H groups in total. The fraction of sp³-hybridized carbons (Fsp3) is 0.545. The molecule has 0 spiro atoms. The molecule has 0 aliphatic rings. The van der Waals surface area contributed by atoms with Crippen molar-refractivity contribution in [2.75, 3.05) is 13.2 Å². The maximum Gasteiger partial charge on any atom is 0.347 e. The van der Waals surface area contributed by atoms with Gasteiger partial charge in [-0.05, 0) is 20.8 Å². The molecular weight excluding hydrogens is 228 g/mol. The van der Waals surface area contributed by atoms with Crippen LogP contribution in [-0.4, -0.2) is 37.2 Å². The first kappa shape index (κ1) is 15.2. The average Bonchev–Trinajstić information content (AvgIpc) is 2.27. The third-order valence-corrected chi connectivity index (χ3v) is 1.55. The standard InChI is InChI=1S/C11H16O6/c1-4-15-9(12)6-7-10(13)17-8(3)11(14)16-5-2/h6-8H,4-5H2,1-3H3/b7-6+. The Labute approximate surface area is 99.5 Å². The molecule has 0 aliphatic carbocycles. The molecular formula is C11H16O6. The Bertz CT molecular complexity index is 307. The monoisotopic (exact) mass is 244 g/mol. The van der Waals surface area contributed by atoms with Crippen molar-refractivity contribution in [1.82, 2.24) is 0 Å². The molecule has 1 atom stereocenters. The van der Waals surface area contributed by atoms with E-state index in [1.54, 1.807) is 13.8 Å². The highest BCUT2D eigenvalue weighted by molar-refractivity contribution is 5.92. The molecule has 0 aromatic carbocycles. The fourth-order valence-electron chi connectivity index (χ4n) is 0.848. The van der Waals surface area contributed by atoms with E-state index in [4.69, 9.17) is 0 Å². The molecule has 0 amide bonds. The molecule has 0 aliphatic heterocycles. The Morgan fingerprint density at radius 3 is 2.06 bits per heavy atom. The normalized spacial score (nSPS) is 11.9. The predicted octanol–water partition coefficient (Wildman–Crippen LogP) is 0.600. The van der Waals surface area contributed by atoms with Gasteiger partial charge in [-0.15, -0.1) is 0 Å². The summed E-state index contributed by atoms with van der Waals surface area (Å²) in [5.74, 6) is -2.09. The van der Waals surface area contributed by atoms with Crippen LogP contribution < -0.4 is 0 Å². The van der Waals surface area contributed by atoms with E-state index in [9.17, 15) is 14.4 Å². The van der Waals surface area contributed by atoms with Crippen molar-refractivity contribution in [3.8, 4) is 0 Å². The van der Waals surface area contributed by atoms with Gasteiger partial charge >= 0.3 is 17.9 Å². The van der Waals surface area contributed by atoms with Crippen molar-refractivity contribution in [2.45, 2.75) is 26.9 Å². The van der Waals surface area contributed by atoms with Crippen molar-refractivity contribution in [2.24, 2.45) is 0 Å². The number of esters is 3. The first-order chi connectivity index (χ1) is 8.01. The van der Waals surface area contributed by atoms with E-state index < -0.39 is 24.0 Å². The predicted molar refractivity (Wildman–Crippen MR) is 58.0 cm³/mol. The maximum absolute atomic E-state index is 11.1. The fourth-order valence-corrected chi connectivity index (χ4v) is 0.848. The Morgan fingerprint density at radius 1 is 1.00 bits per heavy atom. The number of hydrogen-bond acceptors (Lipinski definition) is 6. The zero-order chi connectivity index (χ0) is 13.3. The number of ether oxygens (including phenoxy) is 3. The first-order valence-corrected chi connectivity index (χ1v) is 5.23. The molecule has 0 rings (SSSR count). The number of carbonyl (C=O) groups excluding carboxylic acids is 3. The minimum atomic E-state index is -1.01. The summed E-state index contributed by atoms with van der Waals surface area (Å²) in [5, 5.41) is 0. The lowest BCUT2D eigenvalue weighted by molar-refractivity contribution is -0.163. The molecule has 17 heavy (non-hydrogen) atoms. The van der Waals surface area contributed by atoms with E-state index >= 15 is 0 Å². The van der Waals surface area contributed by atoms with Gasteiger partial charge in [0.25, 0.3) is 0 Å². The van der Waals surface area contributed by atoms with Crippen LogP contribution in [0.5, 0.6) is 0 Å². The lowest BCUT2D eigenvalue weighted by atomic mass is 10.4. The number of carbonyl (C=O) groups is 3. The van der Waals surface area contributed by atoms with Crippen LogP contribution in [0.15, 0.2) is 12.2 Å². The van der Waals surface area contributed by atoms with Gasteiger partial charge in [-0.2, -0.15) is 0 Å². The van der Waals surface area contributed by atoms with Gasteiger partial charge in [0.2, 0.25) is 0 Å². The van der Waals surface area contributed by atoms with Crippen molar-refractivity contribution >= 4 is 17.9 Å². The molecule has 0 bridgehead atoms. The van der Waals surface area contributed by atoms with Crippen LogP contribution >= 0.6 is 0 Å². The van der Waals surface area contributed by atoms with E-state index in [0.29, 0.717) is 0 Å². The summed E-state index contributed by atoms with van der Waals surface area (Å²) in [6.07, 6.45) is 0.825. The maximum atomic E-state index is 11.1. The van der Waals surface area contributed by atoms with Crippen molar-refractivity contribution in [3.05, 3.63) is 12.2 Å². The molecule has 6 heteroatoms. The van der Waals surface area contributed by atoms with Gasteiger partial charge in [-0.1, -0.05) is 0 Å². The summed E-state index contributed by atoms with van der Waals surface area (Å²) in [6, 6.07) is 0. The minimum absolute atomic E-state index is 0.208. The van der Waals surface area contributed by atoms with E-state index in [2.05, 4.69) is 14.2 Å². The highest BCUT2D eigenvalue weighted by atomic mass is 16.6. The van der Waals surface area contributed by atoms with Crippen LogP contribution in [0.3, 0.4) is 0 Å². The summed E-state index contributed by atoms with van der Waals surface area (Å²) < 4.78 is 13.9. The molecule has 1 unspecified atom stereocenters. The SMILES string of the molecule is CCOC(=O)/C=C/C(=O)OC(C)C(=O)OCC. The Kier molecular flexibility index (Phi) is 7.41. The second kappa shape index (κ2) is 8.32. The zero-order valence-corrected chi connectivity index (χ0v) is 10.1. The third-order valence-electron chi connectivity index (χ3n) is 1.55. The van der Waals surface area contributed by atoms with Gasteiger partial charge in [-0.25, -0.2) is 14.4 Å². The summed E-state index contributed by atoms with van der Waals surface area (Å²) in [6.45, 7) is 5.10. The van der Waals surface area contributed by atoms with Crippen LogP contribution in [0.2, 0.25) is 0 Å². The van der Waals surface area contributed by atoms with Crippen molar-refractivity contribution in [3.63, 3.8) is 0 Å². The summed E-state index contributed by atoms with van der Waals surface area (Å²) >= 11 is 0. The highest BCUT2D eigenvalue weighted by Gasteiger charge is 2.17. The second-order valence-electron chi connectivity index (χ2n) is 2.92. The largest absolute Gasteiger partial charge is 0.463 e. The van der Waals surface area contributed by atoms with Crippen molar-refractivity contribution in [1.29, 1.82) is 0 Å². The molecule has 0 saturated carbocycles. The highest BCUT2D eigenvalue weighted by Crippen LogP contribution is 1.96. The summed E-state index contributed by atoms with van der Waals surface area (Å²) in [5.41, 5.74) is 0. The molecule has 0 aromatic rings. The lowest BCUT2D eigenvalue weighted by Gasteiger charge is -2.09. The Balaban J connectivity index is 4.09. The summed E-state index contributed by atoms with van der Waals surface area (Å²) in [4.78, 5) is 33.1. The van der Waals surface area contributed by atoms with E-state index in [1.165, 1.54) is 6.92 Å². The lowest BCUT2D eigenvalue weighted by Crippen LogP contribution is -2.25. The van der Waals surface area contributed by atoms with Gasteiger partial charge in [0, 0.05) is 12.2 Å². The van der Waals surface area contributed by atoms with Gasteiger partial charge in [0.05, 0.1) is 13.2 Å². The molecule has 0 heterocycles. The van der Waals surface area contributed by atoms with Gasteiger partial charge < -0.3 is 14.2 Å².